The molecule has 0 saturated carbocycles. The van der Waals surface area contributed by atoms with Crippen molar-refractivity contribution in [1.29, 1.82) is 0 Å². The summed E-state index contributed by atoms with van der Waals surface area (Å²) >= 11 is 0. The summed E-state index contributed by atoms with van der Waals surface area (Å²) in [5, 5.41) is 15.9. The maximum Gasteiger partial charge on any atom is 0.269 e. The molecule has 0 aliphatic carbocycles. The highest BCUT2D eigenvalue weighted by Crippen LogP contribution is 2.46. The molecule has 5 rings (SSSR count). The van der Waals surface area contributed by atoms with Crippen molar-refractivity contribution in [3.63, 3.8) is 0 Å². The molecule has 30 heavy (non-hydrogen) atoms. The number of non-ortho nitro benzene ring substituents is 1. The Morgan fingerprint density at radius 1 is 1.03 bits per heavy atom. The second kappa shape index (κ2) is 6.51. The number of fused-ring (bicyclic) bond motifs is 5. The molecule has 0 spiro atoms. The van der Waals surface area contributed by atoms with Crippen LogP contribution in [-0.4, -0.2) is 34.7 Å². The van der Waals surface area contributed by atoms with E-state index in [9.17, 15) is 24.5 Å². The number of nitro groups is 1. The van der Waals surface area contributed by atoms with Gasteiger partial charge in [0.15, 0.2) is 0 Å². The minimum atomic E-state index is -0.896. The average molecular weight is 404 g/mol. The van der Waals surface area contributed by atoms with Gasteiger partial charge in [-0.3, -0.25) is 29.8 Å². The lowest BCUT2D eigenvalue weighted by Gasteiger charge is -2.35. The molecule has 2 saturated heterocycles. The summed E-state index contributed by atoms with van der Waals surface area (Å²) in [5.74, 6) is -2.77. The standard InChI is InChI=1S/C21H16N4O5/c26-19-16-15-10-5-11-3-1-2-4-14(11)24(15)18(17(16)20(27)23-19)21(28)22-12-6-8-13(9-7-12)25(29)30/h1-10,15-18H,(H,22,28)(H,23,26,27)/t15-,16+,17-,18-/m0/s1. The number of hydrogen-bond donors (Lipinski definition) is 2. The van der Waals surface area contributed by atoms with Gasteiger partial charge in [-0.2, -0.15) is 0 Å². The number of anilines is 2. The summed E-state index contributed by atoms with van der Waals surface area (Å²) in [6.45, 7) is 0. The van der Waals surface area contributed by atoms with Crippen molar-refractivity contribution >= 4 is 40.9 Å². The Labute approximate surface area is 170 Å². The highest BCUT2D eigenvalue weighted by molar-refractivity contribution is 6.12. The lowest BCUT2D eigenvalue weighted by Crippen LogP contribution is -2.49. The number of hydrogen-bond acceptors (Lipinski definition) is 6. The molecule has 0 bridgehead atoms. The number of nitrogens with one attached hydrogen (secondary N) is 2. The zero-order valence-corrected chi connectivity index (χ0v) is 15.5. The van der Waals surface area contributed by atoms with Crippen LogP contribution in [0.2, 0.25) is 0 Å². The molecule has 0 aromatic heterocycles. The van der Waals surface area contributed by atoms with Crippen molar-refractivity contribution in [2.24, 2.45) is 11.8 Å². The molecular formula is C21H16N4O5. The normalized spacial score (nSPS) is 25.9. The third kappa shape index (κ3) is 2.59. The van der Waals surface area contributed by atoms with Crippen LogP contribution in [0.15, 0.2) is 54.6 Å². The van der Waals surface area contributed by atoms with Gasteiger partial charge in [0.2, 0.25) is 17.7 Å². The highest BCUT2D eigenvalue weighted by atomic mass is 16.6. The minimum Gasteiger partial charge on any atom is -0.351 e. The highest BCUT2D eigenvalue weighted by Gasteiger charge is 2.61. The zero-order valence-electron chi connectivity index (χ0n) is 15.5. The Morgan fingerprint density at radius 3 is 2.47 bits per heavy atom. The second-order valence-corrected chi connectivity index (χ2v) is 7.46. The zero-order chi connectivity index (χ0) is 21.0. The molecule has 2 aromatic rings. The van der Waals surface area contributed by atoms with Crippen LogP contribution in [0.1, 0.15) is 5.56 Å². The van der Waals surface area contributed by atoms with Crippen LogP contribution in [-0.2, 0) is 14.4 Å². The average Bonchev–Trinajstić information content (AvgIpc) is 3.24. The largest absolute Gasteiger partial charge is 0.351 e. The molecule has 4 atom stereocenters. The van der Waals surface area contributed by atoms with Crippen molar-refractivity contribution in [2.45, 2.75) is 12.1 Å². The van der Waals surface area contributed by atoms with Gasteiger partial charge in [-0.25, -0.2) is 0 Å². The van der Waals surface area contributed by atoms with Gasteiger partial charge >= 0.3 is 0 Å². The number of para-hydroxylation sites is 1. The molecule has 2 aromatic carbocycles. The number of carbonyl (C=O) groups excluding carboxylic acids is 3. The number of carbonyl (C=O) groups is 3. The molecule has 2 N–H and O–H groups in total. The maximum absolute atomic E-state index is 13.3. The minimum absolute atomic E-state index is 0.0927. The predicted octanol–water partition coefficient (Wildman–Crippen LogP) is 1.71. The van der Waals surface area contributed by atoms with E-state index in [4.69, 9.17) is 0 Å². The van der Waals surface area contributed by atoms with E-state index in [1.54, 1.807) is 0 Å². The number of amides is 3. The van der Waals surface area contributed by atoms with E-state index in [2.05, 4.69) is 10.6 Å². The van der Waals surface area contributed by atoms with Gasteiger partial charge in [0, 0.05) is 23.5 Å². The van der Waals surface area contributed by atoms with E-state index in [0.29, 0.717) is 5.69 Å². The van der Waals surface area contributed by atoms with E-state index < -0.39 is 40.7 Å². The van der Waals surface area contributed by atoms with E-state index in [0.717, 1.165) is 11.3 Å². The second-order valence-electron chi connectivity index (χ2n) is 7.46. The van der Waals surface area contributed by atoms with Gasteiger partial charge < -0.3 is 10.2 Å². The van der Waals surface area contributed by atoms with Gasteiger partial charge in [-0.1, -0.05) is 30.4 Å². The Hall–Kier alpha value is -4.01. The first-order valence-corrected chi connectivity index (χ1v) is 9.41. The smallest absolute Gasteiger partial charge is 0.269 e. The molecule has 9 nitrogen and oxygen atoms in total. The number of imide groups is 1. The van der Waals surface area contributed by atoms with E-state index >= 15 is 0 Å². The summed E-state index contributed by atoms with van der Waals surface area (Å²) in [6, 6.07) is 11.6. The molecule has 0 unspecified atom stereocenters. The molecule has 0 radical (unpaired) electrons. The first-order chi connectivity index (χ1) is 14.5. The number of rotatable bonds is 3. The quantitative estimate of drug-likeness (QED) is 0.456. The number of nitrogens with zero attached hydrogens (tertiary/aromatic N) is 2. The maximum atomic E-state index is 13.3. The lowest BCUT2D eigenvalue weighted by molar-refractivity contribution is -0.384. The summed E-state index contributed by atoms with van der Waals surface area (Å²) in [6.07, 6.45) is 3.76. The fourth-order valence-electron chi connectivity index (χ4n) is 4.61. The van der Waals surface area contributed by atoms with E-state index in [-0.39, 0.29) is 11.6 Å². The molecule has 150 valence electrons. The molecule has 9 heteroatoms. The van der Waals surface area contributed by atoms with Crippen LogP contribution in [0.4, 0.5) is 17.1 Å². The monoisotopic (exact) mass is 404 g/mol. The fraction of sp³-hybridized carbons (Fsp3) is 0.190. The van der Waals surface area contributed by atoms with E-state index in [1.165, 1.54) is 24.3 Å². The number of nitro benzene ring substituents is 1. The molecule has 3 aliphatic heterocycles. The Balaban J connectivity index is 1.52. The van der Waals surface area contributed by atoms with Gasteiger partial charge in [0.1, 0.15) is 6.04 Å². The van der Waals surface area contributed by atoms with Crippen LogP contribution < -0.4 is 15.5 Å². The molecular weight excluding hydrogens is 388 g/mol. The summed E-state index contributed by atoms with van der Waals surface area (Å²) < 4.78 is 0. The lowest BCUT2D eigenvalue weighted by atomic mass is 9.88. The Bertz CT molecular complexity index is 1130. The van der Waals surface area contributed by atoms with Crippen LogP contribution >= 0.6 is 0 Å². The molecule has 3 aliphatic rings. The molecule has 3 heterocycles. The van der Waals surface area contributed by atoms with Crippen LogP contribution in [0, 0.1) is 22.0 Å². The third-order valence-electron chi connectivity index (χ3n) is 5.87. The van der Waals surface area contributed by atoms with Crippen molar-refractivity contribution in [3.8, 4) is 0 Å². The van der Waals surface area contributed by atoms with Crippen molar-refractivity contribution in [3.05, 3.63) is 70.3 Å². The van der Waals surface area contributed by atoms with Crippen molar-refractivity contribution < 1.29 is 19.3 Å². The van der Waals surface area contributed by atoms with Crippen LogP contribution in [0.5, 0.6) is 0 Å². The number of benzene rings is 2. The van der Waals surface area contributed by atoms with E-state index in [1.807, 2.05) is 41.3 Å². The van der Waals surface area contributed by atoms with Crippen LogP contribution in [0.3, 0.4) is 0 Å². The topological polar surface area (TPSA) is 122 Å². The summed E-state index contributed by atoms with van der Waals surface area (Å²) in [4.78, 5) is 50.5. The first-order valence-electron chi connectivity index (χ1n) is 9.41. The predicted molar refractivity (Wildman–Crippen MR) is 107 cm³/mol. The summed E-state index contributed by atoms with van der Waals surface area (Å²) in [7, 11) is 0. The first kappa shape index (κ1) is 18.0. The summed E-state index contributed by atoms with van der Waals surface area (Å²) in [5.41, 5.74) is 1.96. The van der Waals surface area contributed by atoms with Crippen LogP contribution in [0.25, 0.3) is 6.08 Å². The molecule has 2 fully saturated rings. The van der Waals surface area contributed by atoms with Crippen molar-refractivity contribution in [2.75, 3.05) is 10.2 Å². The van der Waals surface area contributed by atoms with Crippen molar-refractivity contribution in [1.82, 2.24) is 5.32 Å². The van der Waals surface area contributed by atoms with Gasteiger partial charge in [0.05, 0.1) is 22.8 Å². The SMILES string of the molecule is O=C1NC(=O)[C@H]2[C@H]1[C@@H](C(=O)Nc1ccc([N+](=O)[O-])cc1)N1c3ccccc3C=C[C@@H]21. The van der Waals surface area contributed by atoms with Gasteiger partial charge in [0.25, 0.3) is 5.69 Å². The van der Waals surface area contributed by atoms with Gasteiger partial charge in [-0.05, 0) is 23.8 Å². The third-order valence-corrected chi connectivity index (χ3v) is 5.87. The Morgan fingerprint density at radius 2 is 1.73 bits per heavy atom. The Kier molecular flexibility index (Phi) is 3.92. The fourth-order valence-corrected chi connectivity index (χ4v) is 4.61. The van der Waals surface area contributed by atoms with Gasteiger partial charge in [-0.15, -0.1) is 0 Å². The molecule has 3 amide bonds.